The van der Waals surface area contributed by atoms with Crippen molar-refractivity contribution in [2.24, 2.45) is 0 Å². The second-order valence-corrected chi connectivity index (χ2v) is 7.62. The highest BCUT2D eigenvalue weighted by Crippen LogP contribution is 2.50. The number of ether oxygens (including phenoxy) is 2. The Labute approximate surface area is 183 Å². The van der Waals surface area contributed by atoms with E-state index in [1.54, 1.807) is 23.9 Å². The molecule has 0 spiro atoms. The highest BCUT2D eigenvalue weighted by atomic mass is 19.1. The average molecular weight is 427 g/mol. The number of methoxy groups -OCH3 is 1. The lowest BCUT2D eigenvalue weighted by atomic mass is 9.84. The number of hydrogen-bond acceptors (Lipinski definition) is 6. The van der Waals surface area contributed by atoms with Gasteiger partial charge in [0.1, 0.15) is 29.5 Å². The standard InChI is InChI=1S/C24H18FN5O2/c1-31-17-12-8-14(9-13-17)22-20-21(26-24-27-28-29-30(22)24)18-4-2-3-5-19(18)32-23(20)15-6-10-16(25)11-7-15/h2-13,22-23H,1H3,(H,26,27,29)/t22-,23+/m0/s1. The van der Waals surface area contributed by atoms with Crippen LogP contribution < -0.4 is 14.8 Å². The van der Waals surface area contributed by atoms with Crippen LogP contribution in [0, 0.1) is 5.82 Å². The van der Waals surface area contributed by atoms with Crippen molar-refractivity contribution in [3.63, 3.8) is 0 Å². The van der Waals surface area contributed by atoms with Gasteiger partial charge in [-0.15, -0.1) is 0 Å². The van der Waals surface area contributed by atoms with Crippen LogP contribution in [0.1, 0.15) is 28.8 Å². The van der Waals surface area contributed by atoms with Gasteiger partial charge in [0, 0.05) is 11.1 Å². The van der Waals surface area contributed by atoms with Gasteiger partial charge in [0.2, 0.25) is 5.95 Å². The lowest BCUT2D eigenvalue weighted by Gasteiger charge is -2.38. The van der Waals surface area contributed by atoms with E-state index in [-0.39, 0.29) is 11.9 Å². The molecule has 4 aromatic rings. The quantitative estimate of drug-likeness (QED) is 0.523. The molecule has 0 amide bonds. The molecule has 32 heavy (non-hydrogen) atoms. The molecule has 3 heterocycles. The van der Waals surface area contributed by atoms with Gasteiger partial charge in [-0.2, -0.15) is 4.68 Å². The molecule has 0 radical (unpaired) electrons. The highest BCUT2D eigenvalue weighted by Gasteiger charge is 2.41. The van der Waals surface area contributed by atoms with Crippen molar-refractivity contribution in [1.29, 1.82) is 0 Å². The first-order valence-corrected chi connectivity index (χ1v) is 10.2. The van der Waals surface area contributed by atoms with Gasteiger partial charge in [0.15, 0.2) is 0 Å². The van der Waals surface area contributed by atoms with Gasteiger partial charge in [0.25, 0.3) is 0 Å². The van der Waals surface area contributed by atoms with Gasteiger partial charge in [-0.25, -0.2) is 4.39 Å². The highest BCUT2D eigenvalue weighted by molar-refractivity contribution is 5.85. The van der Waals surface area contributed by atoms with Gasteiger partial charge in [-0.05, 0) is 58.0 Å². The predicted octanol–water partition coefficient (Wildman–Crippen LogP) is 4.38. The first-order valence-electron chi connectivity index (χ1n) is 10.2. The summed E-state index contributed by atoms with van der Waals surface area (Å²) in [4.78, 5) is 0. The number of para-hydroxylation sites is 1. The van der Waals surface area contributed by atoms with E-state index in [1.807, 2.05) is 48.5 Å². The largest absolute Gasteiger partial charge is 0.497 e. The Hall–Kier alpha value is -4.20. The van der Waals surface area contributed by atoms with Crippen LogP contribution in [0.5, 0.6) is 11.5 Å². The minimum Gasteiger partial charge on any atom is -0.497 e. The summed E-state index contributed by atoms with van der Waals surface area (Å²) in [6.45, 7) is 0. The second-order valence-electron chi connectivity index (χ2n) is 7.62. The summed E-state index contributed by atoms with van der Waals surface area (Å²) in [5, 5.41) is 15.7. The second kappa shape index (κ2) is 7.19. The van der Waals surface area contributed by atoms with Crippen LogP contribution in [-0.4, -0.2) is 27.3 Å². The minimum absolute atomic E-state index is 0.296. The summed E-state index contributed by atoms with van der Waals surface area (Å²) in [6, 6.07) is 21.7. The molecule has 0 aliphatic carbocycles. The monoisotopic (exact) mass is 427 g/mol. The molecule has 1 N–H and O–H groups in total. The third-order valence-electron chi connectivity index (χ3n) is 5.85. The number of hydrogen-bond donors (Lipinski definition) is 1. The van der Waals surface area contributed by atoms with Gasteiger partial charge >= 0.3 is 0 Å². The molecule has 3 aromatic carbocycles. The summed E-state index contributed by atoms with van der Waals surface area (Å²) < 4.78 is 27.3. The summed E-state index contributed by atoms with van der Waals surface area (Å²) in [5.41, 5.74) is 4.58. The Morgan fingerprint density at radius 1 is 0.969 bits per heavy atom. The SMILES string of the molecule is COc1ccc([C@H]2C3=C(Nc4nnnn42)c2ccccc2O[C@@H]3c2ccc(F)cc2)cc1. The van der Waals surface area contributed by atoms with Crippen LogP contribution >= 0.6 is 0 Å². The molecular weight excluding hydrogens is 409 g/mol. The van der Waals surface area contributed by atoms with Crippen LogP contribution in [0.4, 0.5) is 10.3 Å². The number of benzene rings is 3. The molecule has 0 fully saturated rings. The van der Waals surface area contributed by atoms with Crippen LogP contribution in [0.25, 0.3) is 5.70 Å². The van der Waals surface area contributed by atoms with Gasteiger partial charge in [-0.1, -0.05) is 41.5 Å². The summed E-state index contributed by atoms with van der Waals surface area (Å²) in [5.74, 6) is 1.74. The maximum Gasteiger partial charge on any atom is 0.248 e. The van der Waals surface area contributed by atoms with Crippen LogP contribution in [0.2, 0.25) is 0 Å². The Morgan fingerprint density at radius 3 is 2.50 bits per heavy atom. The van der Waals surface area contributed by atoms with Crippen molar-refractivity contribution >= 4 is 11.6 Å². The molecule has 0 saturated heterocycles. The normalized spacial score (nSPS) is 18.7. The lowest BCUT2D eigenvalue weighted by Crippen LogP contribution is -2.32. The zero-order valence-electron chi connectivity index (χ0n) is 17.1. The van der Waals surface area contributed by atoms with E-state index in [0.717, 1.165) is 39.5 Å². The van der Waals surface area contributed by atoms with E-state index >= 15 is 0 Å². The Balaban J connectivity index is 1.60. The first-order chi connectivity index (χ1) is 15.7. The molecule has 7 nitrogen and oxygen atoms in total. The van der Waals surface area contributed by atoms with E-state index in [4.69, 9.17) is 9.47 Å². The maximum atomic E-state index is 13.7. The van der Waals surface area contributed by atoms with Crippen LogP contribution in [0.3, 0.4) is 0 Å². The van der Waals surface area contributed by atoms with Gasteiger partial charge in [-0.3, -0.25) is 0 Å². The van der Waals surface area contributed by atoms with E-state index in [0.29, 0.717) is 5.95 Å². The zero-order chi connectivity index (χ0) is 21.7. The fourth-order valence-electron chi connectivity index (χ4n) is 4.36. The lowest BCUT2D eigenvalue weighted by molar-refractivity contribution is 0.222. The van der Waals surface area contributed by atoms with E-state index < -0.39 is 6.10 Å². The third kappa shape index (κ3) is 2.84. The average Bonchev–Trinajstić information content (AvgIpc) is 3.31. The van der Waals surface area contributed by atoms with Crippen molar-refractivity contribution in [2.75, 3.05) is 12.4 Å². The zero-order valence-corrected chi connectivity index (χ0v) is 17.1. The Kier molecular flexibility index (Phi) is 4.17. The van der Waals surface area contributed by atoms with Gasteiger partial charge < -0.3 is 14.8 Å². The molecular formula is C24H18FN5O2. The molecule has 8 heteroatoms. The predicted molar refractivity (Wildman–Crippen MR) is 116 cm³/mol. The summed E-state index contributed by atoms with van der Waals surface area (Å²) >= 11 is 0. The number of aromatic nitrogens is 4. The number of nitrogens with zero attached hydrogens (tertiary/aromatic N) is 4. The van der Waals surface area contributed by atoms with Gasteiger partial charge in [0.05, 0.1) is 12.8 Å². The topological polar surface area (TPSA) is 74.1 Å². The maximum absolute atomic E-state index is 13.7. The molecule has 6 rings (SSSR count). The summed E-state index contributed by atoms with van der Waals surface area (Å²) in [6.07, 6.45) is -0.461. The van der Waals surface area contributed by atoms with Crippen molar-refractivity contribution in [3.8, 4) is 11.5 Å². The fraction of sp³-hybridized carbons (Fsp3) is 0.125. The number of nitrogens with one attached hydrogen (secondary N) is 1. The minimum atomic E-state index is -0.461. The van der Waals surface area contributed by atoms with Crippen molar-refractivity contribution in [2.45, 2.75) is 12.1 Å². The molecule has 2 aliphatic rings. The van der Waals surface area contributed by atoms with E-state index in [9.17, 15) is 4.39 Å². The number of tetrazole rings is 1. The molecule has 0 saturated carbocycles. The number of anilines is 1. The fourth-order valence-corrected chi connectivity index (χ4v) is 4.36. The van der Waals surface area contributed by atoms with Crippen LogP contribution in [0.15, 0.2) is 78.4 Å². The third-order valence-corrected chi connectivity index (χ3v) is 5.85. The van der Waals surface area contributed by atoms with E-state index in [2.05, 4.69) is 20.8 Å². The summed E-state index contributed by atoms with van der Waals surface area (Å²) in [7, 11) is 1.64. The van der Waals surface area contributed by atoms with Crippen molar-refractivity contribution < 1.29 is 13.9 Å². The van der Waals surface area contributed by atoms with E-state index in [1.165, 1.54) is 12.1 Å². The molecule has 0 bridgehead atoms. The molecule has 2 aliphatic heterocycles. The van der Waals surface area contributed by atoms with Crippen molar-refractivity contribution in [3.05, 3.63) is 101 Å². The molecule has 0 unspecified atom stereocenters. The molecule has 1 aromatic heterocycles. The Bertz CT molecular complexity index is 1330. The van der Waals surface area contributed by atoms with Crippen molar-refractivity contribution in [1.82, 2.24) is 20.2 Å². The smallest absolute Gasteiger partial charge is 0.248 e. The number of halogens is 1. The first kappa shape index (κ1) is 18.6. The number of fused-ring (bicyclic) bond motifs is 3. The van der Waals surface area contributed by atoms with Crippen LogP contribution in [-0.2, 0) is 0 Å². The number of rotatable bonds is 3. The Morgan fingerprint density at radius 2 is 1.72 bits per heavy atom. The molecule has 2 atom stereocenters. The molecule has 158 valence electrons.